The zero-order valence-corrected chi connectivity index (χ0v) is 11.4. The number of carboxylic acids is 1. The largest absolute Gasteiger partial charge is 0.494 e. The molecule has 0 atom stereocenters. The highest BCUT2D eigenvalue weighted by molar-refractivity contribution is 5.94. The Kier molecular flexibility index (Phi) is 4.11. The van der Waals surface area contributed by atoms with Crippen LogP contribution in [-0.4, -0.2) is 24.1 Å². The summed E-state index contributed by atoms with van der Waals surface area (Å²) in [6.45, 7) is 0. The van der Waals surface area contributed by atoms with Crippen LogP contribution in [0.4, 0.5) is 14.5 Å². The number of benzene rings is 1. The maximum atomic E-state index is 13.7. The summed E-state index contributed by atoms with van der Waals surface area (Å²) in [6.07, 6.45) is 1.31. The van der Waals surface area contributed by atoms with E-state index in [9.17, 15) is 18.4 Å². The van der Waals surface area contributed by atoms with Gasteiger partial charge < -0.3 is 15.2 Å². The second-order valence-corrected chi connectivity index (χ2v) is 5.13. The number of halogens is 2. The Morgan fingerprint density at radius 2 is 2.00 bits per heavy atom. The highest BCUT2D eigenvalue weighted by Crippen LogP contribution is 2.44. The number of aliphatic carboxylic acids is 1. The second kappa shape index (κ2) is 5.67. The normalized spacial score (nSPS) is 16.0. The van der Waals surface area contributed by atoms with E-state index in [-0.39, 0.29) is 17.9 Å². The molecule has 0 spiro atoms. The topological polar surface area (TPSA) is 75.6 Å². The van der Waals surface area contributed by atoms with E-state index in [0.29, 0.717) is 12.8 Å². The van der Waals surface area contributed by atoms with Crippen LogP contribution < -0.4 is 10.1 Å². The number of anilines is 1. The summed E-state index contributed by atoms with van der Waals surface area (Å²) in [4.78, 5) is 23.0. The van der Waals surface area contributed by atoms with Crippen LogP contribution >= 0.6 is 0 Å². The molecule has 5 nitrogen and oxygen atoms in total. The Morgan fingerprint density at radius 3 is 2.48 bits per heavy atom. The number of hydrogen-bond acceptors (Lipinski definition) is 3. The van der Waals surface area contributed by atoms with Gasteiger partial charge in [-0.3, -0.25) is 9.59 Å². The predicted octanol–water partition coefficient (Wildman–Crippen LogP) is 2.56. The minimum absolute atomic E-state index is 0.255. The third-order valence-electron chi connectivity index (χ3n) is 3.78. The molecule has 0 unspecified atom stereocenters. The van der Waals surface area contributed by atoms with E-state index < -0.39 is 28.9 Å². The van der Waals surface area contributed by atoms with Crippen LogP contribution in [-0.2, 0) is 9.59 Å². The molecule has 0 saturated heterocycles. The van der Waals surface area contributed by atoms with Gasteiger partial charge in [0, 0.05) is 18.6 Å². The maximum absolute atomic E-state index is 13.7. The molecule has 21 heavy (non-hydrogen) atoms. The number of carbonyl (C=O) groups is 2. The zero-order valence-electron chi connectivity index (χ0n) is 11.4. The molecule has 2 N–H and O–H groups in total. The molecule has 1 aliphatic rings. The van der Waals surface area contributed by atoms with Crippen LogP contribution in [0.2, 0.25) is 0 Å². The summed E-state index contributed by atoms with van der Waals surface area (Å²) in [5.41, 5.74) is -1.41. The van der Waals surface area contributed by atoms with Gasteiger partial charge in [-0.05, 0) is 12.8 Å². The van der Waals surface area contributed by atoms with Crippen molar-refractivity contribution in [3.8, 4) is 5.75 Å². The molecule has 1 aromatic rings. The molecule has 0 radical (unpaired) electrons. The van der Waals surface area contributed by atoms with Gasteiger partial charge in [0.1, 0.15) is 0 Å². The number of carbonyl (C=O) groups excluding carboxylic acids is 1. The summed E-state index contributed by atoms with van der Waals surface area (Å²) in [7, 11) is 1.20. The number of methoxy groups -OCH3 is 1. The van der Waals surface area contributed by atoms with E-state index >= 15 is 0 Å². The lowest BCUT2D eigenvalue weighted by Gasteiger charge is -2.36. The quantitative estimate of drug-likeness (QED) is 0.876. The van der Waals surface area contributed by atoms with Crippen molar-refractivity contribution in [2.75, 3.05) is 12.4 Å². The summed E-state index contributed by atoms with van der Waals surface area (Å²) in [5.74, 6) is -3.62. The van der Waals surface area contributed by atoms with E-state index in [0.717, 1.165) is 18.6 Å². The number of nitrogens with one attached hydrogen (secondary N) is 1. The fourth-order valence-electron chi connectivity index (χ4n) is 2.35. The van der Waals surface area contributed by atoms with E-state index in [2.05, 4.69) is 10.1 Å². The number of ether oxygens (including phenoxy) is 1. The standard InChI is InChI=1S/C14H15F2NO4/c1-21-11-6-8(15)10(5-9(11)16)17-12(18)7-14(13(19)20)3-2-4-14/h5-6H,2-4,7H2,1H3,(H,17,18)(H,19,20). The van der Waals surface area contributed by atoms with Crippen molar-refractivity contribution in [2.24, 2.45) is 5.41 Å². The van der Waals surface area contributed by atoms with Crippen molar-refractivity contribution in [1.82, 2.24) is 0 Å². The van der Waals surface area contributed by atoms with Crippen LogP contribution in [0.25, 0.3) is 0 Å². The summed E-state index contributed by atoms with van der Waals surface area (Å²) in [5, 5.41) is 11.3. The molecule has 1 amide bonds. The maximum Gasteiger partial charge on any atom is 0.310 e. The SMILES string of the molecule is COc1cc(F)c(NC(=O)CC2(C(=O)O)CCC2)cc1F. The summed E-state index contributed by atoms with van der Waals surface area (Å²) in [6, 6.07) is 1.63. The third kappa shape index (κ3) is 2.96. The van der Waals surface area contributed by atoms with E-state index in [4.69, 9.17) is 5.11 Å². The van der Waals surface area contributed by atoms with Crippen molar-refractivity contribution in [3.63, 3.8) is 0 Å². The molecule has 2 rings (SSSR count). The number of rotatable bonds is 5. The minimum Gasteiger partial charge on any atom is -0.494 e. The van der Waals surface area contributed by atoms with Gasteiger partial charge in [0.15, 0.2) is 17.4 Å². The number of amides is 1. The van der Waals surface area contributed by atoms with E-state index in [1.165, 1.54) is 7.11 Å². The Balaban J connectivity index is 2.10. The molecule has 114 valence electrons. The van der Waals surface area contributed by atoms with Gasteiger partial charge in [0.2, 0.25) is 5.91 Å². The molecule has 0 aliphatic heterocycles. The molecular weight excluding hydrogens is 284 g/mol. The molecular formula is C14H15F2NO4. The lowest BCUT2D eigenvalue weighted by atomic mass is 9.66. The average molecular weight is 299 g/mol. The van der Waals surface area contributed by atoms with Crippen molar-refractivity contribution < 1.29 is 28.2 Å². The number of carboxylic acid groups (broad SMARTS) is 1. The first-order valence-electron chi connectivity index (χ1n) is 6.44. The van der Waals surface area contributed by atoms with E-state index in [1.807, 2.05) is 0 Å². The Labute approximate surface area is 119 Å². The van der Waals surface area contributed by atoms with Crippen molar-refractivity contribution in [2.45, 2.75) is 25.7 Å². The van der Waals surface area contributed by atoms with Gasteiger partial charge in [0.05, 0.1) is 18.2 Å². The van der Waals surface area contributed by atoms with Crippen molar-refractivity contribution in [1.29, 1.82) is 0 Å². The Morgan fingerprint density at radius 1 is 1.33 bits per heavy atom. The van der Waals surface area contributed by atoms with Gasteiger partial charge in [-0.1, -0.05) is 6.42 Å². The van der Waals surface area contributed by atoms with Gasteiger partial charge in [0.25, 0.3) is 0 Å². The zero-order chi connectivity index (χ0) is 15.6. The van der Waals surface area contributed by atoms with Crippen LogP contribution in [0.3, 0.4) is 0 Å². The molecule has 7 heteroatoms. The van der Waals surface area contributed by atoms with Gasteiger partial charge in [-0.2, -0.15) is 0 Å². The lowest BCUT2D eigenvalue weighted by Crippen LogP contribution is -2.41. The first-order chi connectivity index (χ1) is 9.88. The Hall–Kier alpha value is -2.18. The van der Waals surface area contributed by atoms with Gasteiger partial charge in [-0.15, -0.1) is 0 Å². The molecule has 0 bridgehead atoms. The summed E-state index contributed by atoms with van der Waals surface area (Å²) >= 11 is 0. The van der Waals surface area contributed by atoms with Crippen LogP contribution in [0.5, 0.6) is 5.75 Å². The minimum atomic E-state index is -1.08. The molecule has 1 saturated carbocycles. The molecule has 1 aliphatic carbocycles. The van der Waals surface area contributed by atoms with Crippen molar-refractivity contribution in [3.05, 3.63) is 23.8 Å². The number of hydrogen-bond donors (Lipinski definition) is 2. The second-order valence-electron chi connectivity index (χ2n) is 5.13. The van der Waals surface area contributed by atoms with Gasteiger partial charge >= 0.3 is 5.97 Å². The fraction of sp³-hybridized carbons (Fsp3) is 0.429. The highest BCUT2D eigenvalue weighted by Gasteiger charge is 2.45. The predicted molar refractivity (Wildman–Crippen MR) is 70.1 cm³/mol. The molecule has 1 fully saturated rings. The smallest absolute Gasteiger partial charge is 0.310 e. The van der Waals surface area contributed by atoms with Crippen LogP contribution in [0.15, 0.2) is 12.1 Å². The van der Waals surface area contributed by atoms with Crippen LogP contribution in [0, 0.1) is 17.0 Å². The highest BCUT2D eigenvalue weighted by atomic mass is 19.1. The summed E-state index contributed by atoms with van der Waals surface area (Å²) < 4.78 is 31.8. The lowest BCUT2D eigenvalue weighted by molar-refractivity contribution is -0.157. The Bertz CT molecular complexity index is 585. The molecule has 1 aromatic carbocycles. The van der Waals surface area contributed by atoms with Gasteiger partial charge in [-0.25, -0.2) is 8.78 Å². The van der Waals surface area contributed by atoms with Crippen LogP contribution in [0.1, 0.15) is 25.7 Å². The first-order valence-corrected chi connectivity index (χ1v) is 6.44. The third-order valence-corrected chi connectivity index (χ3v) is 3.78. The monoisotopic (exact) mass is 299 g/mol. The van der Waals surface area contributed by atoms with E-state index in [1.54, 1.807) is 0 Å². The van der Waals surface area contributed by atoms with Crippen molar-refractivity contribution >= 4 is 17.6 Å². The molecule has 0 aromatic heterocycles. The fourth-order valence-corrected chi connectivity index (χ4v) is 2.35. The average Bonchev–Trinajstić information content (AvgIpc) is 2.37. The first kappa shape index (κ1) is 15.2. The molecule has 0 heterocycles.